The van der Waals surface area contributed by atoms with Crippen molar-refractivity contribution in [3.05, 3.63) is 94.5 Å². The van der Waals surface area contributed by atoms with Crippen molar-refractivity contribution in [3.63, 3.8) is 0 Å². The normalized spacial score (nSPS) is 11.2. The van der Waals surface area contributed by atoms with Crippen LogP contribution in [0.15, 0.2) is 71.7 Å². The Bertz CT molecular complexity index is 1220. The predicted octanol–water partition coefficient (Wildman–Crippen LogP) is 7.20. The lowest BCUT2D eigenvalue weighted by molar-refractivity contribution is 1.25. The van der Waals surface area contributed by atoms with Gasteiger partial charge in [0.05, 0.1) is 5.52 Å². The summed E-state index contributed by atoms with van der Waals surface area (Å²) in [6.07, 6.45) is 0. The number of benzene rings is 3. The van der Waals surface area contributed by atoms with Gasteiger partial charge in [0.15, 0.2) is 5.82 Å². The Hall–Kier alpha value is -3.46. The van der Waals surface area contributed by atoms with Crippen molar-refractivity contribution in [2.75, 3.05) is 0 Å². The summed E-state index contributed by atoms with van der Waals surface area (Å²) in [7, 11) is 0. The van der Waals surface area contributed by atoms with E-state index >= 15 is 0 Å². The van der Waals surface area contributed by atoms with Crippen LogP contribution in [0.2, 0.25) is 0 Å². The fraction of sp³-hybridized carbons (Fsp3) is 0.214. The fourth-order valence-corrected chi connectivity index (χ4v) is 3.77. The molecule has 0 amide bonds. The first-order valence-electron chi connectivity index (χ1n) is 10.8. The molecule has 4 aromatic rings. The molecule has 0 spiro atoms. The fourth-order valence-electron chi connectivity index (χ4n) is 3.77. The second-order valence-corrected chi connectivity index (χ2v) is 7.73. The number of hydrogen-bond donors (Lipinski definition) is 1. The van der Waals surface area contributed by atoms with E-state index < -0.39 is 0 Å². The van der Waals surface area contributed by atoms with Crippen LogP contribution in [-0.4, -0.2) is 10.8 Å². The van der Waals surface area contributed by atoms with Gasteiger partial charge in [-0.25, -0.2) is 9.98 Å². The summed E-state index contributed by atoms with van der Waals surface area (Å²) in [5, 5.41) is 1.12. The summed E-state index contributed by atoms with van der Waals surface area (Å²) in [5.41, 5.74) is 15.1. The number of pyridine rings is 1. The van der Waals surface area contributed by atoms with Gasteiger partial charge in [-0.05, 0) is 80.3 Å². The molecule has 0 aliphatic carbocycles. The first-order valence-corrected chi connectivity index (χ1v) is 10.8. The Kier molecular flexibility index (Phi) is 6.86. The number of aromatic nitrogens is 1. The highest BCUT2D eigenvalue weighted by Gasteiger charge is 2.09. The minimum atomic E-state index is 0.491. The third kappa shape index (κ3) is 5.00. The van der Waals surface area contributed by atoms with Gasteiger partial charge in [0, 0.05) is 10.9 Å². The molecule has 1 heterocycles. The lowest BCUT2D eigenvalue weighted by Gasteiger charge is -2.10. The lowest BCUT2D eigenvalue weighted by Crippen LogP contribution is -2.13. The van der Waals surface area contributed by atoms with Gasteiger partial charge in [0.2, 0.25) is 0 Å². The van der Waals surface area contributed by atoms with Crippen molar-refractivity contribution < 1.29 is 0 Å². The number of fused-ring (bicyclic) bond motifs is 1. The molecule has 0 unspecified atom stereocenters. The van der Waals surface area contributed by atoms with E-state index in [0.29, 0.717) is 11.7 Å². The summed E-state index contributed by atoms with van der Waals surface area (Å²) < 4.78 is 0. The van der Waals surface area contributed by atoms with Crippen LogP contribution in [-0.2, 0) is 0 Å². The number of hydrogen-bond acceptors (Lipinski definition) is 2. The maximum atomic E-state index is 6.33. The highest BCUT2D eigenvalue weighted by Crippen LogP contribution is 2.30. The molecule has 3 heteroatoms. The molecule has 2 N–H and O–H groups in total. The molecule has 4 rings (SSSR count). The second-order valence-electron chi connectivity index (χ2n) is 7.73. The van der Waals surface area contributed by atoms with Crippen LogP contribution >= 0.6 is 0 Å². The van der Waals surface area contributed by atoms with E-state index in [1.165, 1.54) is 22.3 Å². The zero-order chi connectivity index (χ0) is 22.5. The molecular formula is C28H31N3. The summed E-state index contributed by atoms with van der Waals surface area (Å²) in [5.74, 6) is 1.16. The van der Waals surface area contributed by atoms with Gasteiger partial charge in [-0.2, -0.15) is 0 Å². The first kappa shape index (κ1) is 22.2. The zero-order valence-electron chi connectivity index (χ0n) is 19.3. The van der Waals surface area contributed by atoms with Crippen LogP contribution in [0, 0.1) is 27.7 Å². The quantitative estimate of drug-likeness (QED) is 0.287. The van der Waals surface area contributed by atoms with Crippen LogP contribution in [0.4, 0.5) is 5.82 Å². The van der Waals surface area contributed by atoms with Crippen molar-refractivity contribution in [3.8, 4) is 11.1 Å². The molecule has 31 heavy (non-hydrogen) atoms. The van der Waals surface area contributed by atoms with Crippen LogP contribution in [0.25, 0.3) is 22.0 Å². The molecule has 1 aromatic heterocycles. The largest absolute Gasteiger partial charge is 0.383 e. The van der Waals surface area contributed by atoms with E-state index in [1.54, 1.807) is 0 Å². The number of amidine groups is 1. The van der Waals surface area contributed by atoms with Gasteiger partial charge >= 0.3 is 0 Å². The summed E-state index contributed by atoms with van der Waals surface area (Å²) in [6, 6.07) is 23.2. The molecule has 0 saturated heterocycles. The predicted molar refractivity (Wildman–Crippen MR) is 134 cm³/mol. The lowest BCUT2D eigenvalue weighted by atomic mass is 9.99. The Morgan fingerprint density at radius 3 is 2.03 bits per heavy atom. The number of aliphatic imine (C=N–C) groups is 1. The topological polar surface area (TPSA) is 51.3 Å². The SMILES string of the molecule is CC.Cc1cc(C)cc(C(N)=Nc2nc3c(C)cc(-c4ccccc4)cc3cc2C)c1. The van der Waals surface area contributed by atoms with Crippen molar-refractivity contribution in [2.45, 2.75) is 41.5 Å². The summed E-state index contributed by atoms with van der Waals surface area (Å²) in [6.45, 7) is 12.3. The average molecular weight is 410 g/mol. The highest BCUT2D eigenvalue weighted by molar-refractivity contribution is 5.99. The molecule has 0 bridgehead atoms. The number of rotatable bonds is 3. The summed E-state index contributed by atoms with van der Waals surface area (Å²) in [4.78, 5) is 9.52. The van der Waals surface area contributed by atoms with Crippen molar-refractivity contribution in [1.29, 1.82) is 0 Å². The molecule has 0 atom stereocenters. The molecule has 0 aliphatic heterocycles. The summed E-state index contributed by atoms with van der Waals surface area (Å²) >= 11 is 0. The van der Waals surface area contributed by atoms with Crippen LogP contribution in [0.1, 0.15) is 41.7 Å². The molecule has 0 saturated carbocycles. The maximum absolute atomic E-state index is 6.33. The average Bonchev–Trinajstić information content (AvgIpc) is 2.76. The smallest absolute Gasteiger partial charge is 0.157 e. The minimum Gasteiger partial charge on any atom is -0.383 e. The minimum absolute atomic E-state index is 0.491. The maximum Gasteiger partial charge on any atom is 0.157 e. The zero-order valence-corrected chi connectivity index (χ0v) is 19.3. The van der Waals surface area contributed by atoms with Gasteiger partial charge in [0.1, 0.15) is 5.84 Å². The highest BCUT2D eigenvalue weighted by atomic mass is 15.0. The monoisotopic (exact) mass is 409 g/mol. The van der Waals surface area contributed by atoms with Gasteiger partial charge in [-0.15, -0.1) is 0 Å². The first-order chi connectivity index (χ1) is 14.9. The molecular weight excluding hydrogens is 378 g/mol. The molecule has 0 radical (unpaired) electrons. The molecule has 3 aromatic carbocycles. The van der Waals surface area contributed by atoms with Crippen LogP contribution in [0.5, 0.6) is 0 Å². The number of nitrogens with zero attached hydrogens (tertiary/aromatic N) is 2. The van der Waals surface area contributed by atoms with E-state index in [1.807, 2.05) is 26.8 Å². The Labute approximate surface area is 185 Å². The van der Waals surface area contributed by atoms with Gasteiger partial charge in [-0.1, -0.05) is 61.4 Å². The Morgan fingerprint density at radius 2 is 1.39 bits per heavy atom. The molecule has 158 valence electrons. The third-order valence-electron chi connectivity index (χ3n) is 5.12. The van der Waals surface area contributed by atoms with Gasteiger partial charge in [0.25, 0.3) is 0 Å². The number of aryl methyl sites for hydroxylation is 4. The number of nitrogens with two attached hydrogens (primary N) is 1. The Morgan fingerprint density at radius 1 is 0.742 bits per heavy atom. The third-order valence-corrected chi connectivity index (χ3v) is 5.12. The van der Waals surface area contributed by atoms with Gasteiger partial charge < -0.3 is 5.73 Å². The van der Waals surface area contributed by atoms with E-state index in [0.717, 1.165) is 27.6 Å². The van der Waals surface area contributed by atoms with Crippen molar-refractivity contribution in [2.24, 2.45) is 10.7 Å². The van der Waals surface area contributed by atoms with Crippen LogP contribution in [0.3, 0.4) is 0 Å². The molecule has 0 aliphatic rings. The standard InChI is InChI=1S/C26H25N3.C2H6/c1-16-10-17(2)12-23(11-16)25(27)29-26-19(4)14-22-15-21(13-18(3)24(22)28-26)20-8-6-5-7-9-20;1-2/h5-15H,1-4H3,(H2,27,28,29);1-2H3. The van der Waals surface area contributed by atoms with Gasteiger partial charge in [-0.3, -0.25) is 0 Å². The van der Waals surface area contributed by atoms with E-state index in [-0.39, 0.29) is 0 Å². The van der Waals surface area contributed by atoms with Crippen LogP contribution < -0.4 is 5.73 Å². The van der Waals surface area contributed by atoms with Crippen molar-refractivity contribution in [1.82, 2.24) is 4.98 Å². The molecule has 0 fully saturated rings. The van der Waals surface area contributed by atoms with Crippen molar-refractivity contribution >= 4 is 22.6 Å². The second kappa shape index (κ2) is 9.57. The van der Waals surface area contributed by atoms with E-state index in [2.05, 4.69) is 86.4 Å². The van der Waals surface area contributed by atoms with E-state index in [4.69, 9.17) is 10.7 Å². The Balaban J connectivity index is 0.00000132. The molecule has 3 nitrogen and oxygen atoms in total. The van der Waals surface area contributed by atoms with E-state index in [9.17, 15) is 0 Å².